The van der Waals surface area contributed by atoms with Crippen LogP contribution in [0.4, 0.5) is 10.5 Å². The van der Waals surface area contributed by atoms with Crippen molar-refractivity contribution >= 4 is 17.6 Å². The fourth-order valence-electron chi connectivity index (χ4n) is 4.09. The van der Waals surface area contributed by atoms with Gasteiger partial charge in [-0.2, -0.15) is 0 Å². The first-order valence-corrected chi connectivity index (χ1v) is 9.49. The zero-order valence-corrected chi connectivity index (χ0v) is 16.6. The first kappa shape index (κ1) is 19.3. The molecule has 0 aliphatic carbocycles. The number of carbonyl (C=O) groups excluding carboxylic acids is 2. The Morgan fingerprint density at radius 1 is 1.11 bits per heavy atom. The standard InChI is InChI=1S/C20H29N3O4/c1-14-9-15(2)12-22(11-14)19(24)13-21-7-8-23(20(21)25)17-10-16(26-3)5-6-18(17)27-4/h5-6,10,14-15H,7-9,11-13H2,1-4H3. The maximum absolute atomic E-state index is 12.9. The molecular weight excluding hydrogens is 346 g/mol. The van der Waals surface area contributed by atoms with E-state index in [1.54, 1.807) is 42.2 Å². The monoisotopic (exact) mass is 375 g/mol. The highest BCUT2D eigenvalue weighted by atomic mass is 16.5. The van der Waals surface area contributed by atoms with Crippen molar-refractivity contribution in [2.45, 2.75) is 20.3 Å². The molecule has 2 saturated heterocycles. The molecule has 2 atom stereocenters. The number of piperidine rings is 1. The highest BCUT2D eigenvalue weighted by molar-refractivity contribution is 5.98. The molecule has 2 aliphatic heterocycles. The molecule has 0 saturated carbocycles. The van der Waals surface area contributed by atoms with E-state index in [2.05, 4.69) is 13.8 Å². The number of amides is 3. The number of urea groups is 1. The van der Waals surface area contributed by atoms with E-state index in [0.717, 1.165) is 19.5 Å². The molecule has 2 heterocycles. The molecule has 0 radical (unpaired) electrons. The molecule has 27 heavy (non-hydrogen) atoms. The van der Waals surface area contributed by atoms with Crippen molar-refractivity contribution in [3.05, 3.63) is 18.2 Å². The lowest BCUT2D eigenvalue weighted by atomic mass is 9.92. The summed E-state index contributed by atoms with van der Waals surface area (Å²) in [5.41, 5.74) is 0.664. The summed E-state index contributed by atoms with van der Waals surface area (Å²) in [7, 11) is 3.16. The normalized spacial score (nSPS) is 23.0. The number of hydrogen-bond acceptors (Lipinski definition) is 4. The number of methoxy groups -OCH3 is 2. The molecule has 7 heteroatoms. The third kappa shape index (κ3) is 4.12. The molecular formula is C20H29N3O4. The Morgan fingerprint density at radius 3 is 2.44 bits per heavy atom. The van der Waals surface area contributed by atoms with E-state index in [1.165, 1.54) is 0 Å². The van der Waals surface area contributed by atoms with Crippen molar-refractivity contribution < 1.29 is 19.1 Å². The van der Waals surface area contributed by atoms with Gasteiger partial charge < -0.3 is 19.3 Å². The first-order valence-electron chi connectivity index (χ1n) is 9.49. The van der Waals surface area contributed by atoms with E-state index in [-0.39, 0.29) is 18.5 Å². The predicted molar refractivity (Wildman–Crippen MR) is 103 cm³/mol. The van der Waals surface area contributed by atoms with Crippen LogP contribution in [0.5, 0.6) is 11.5 Å². The third-order valence-electron chi connectivity index (χ3n) is 5.32. The summed E-state index contributed by atoms with van der Waals surface area (Å²) in [6.45, 7) is 7.06. The molecule has 3 rings (SSSR count). The molecule has 2 aliphatic rings. The van der Waals surface area contributed by atoms with Crippen molar-refractivity contribution in [3.8, 4) is 11.5 Å². The molecule has 3 amide bonds. The van der Waals surface area contributed by atoms with E-state index in [4.69, 9.17) is 9.47 Å². The van der Waals surface area contributed by atoms with Gasteiger partial charge in [0, 0.05) is 32.2 Å². The molecule has 1 aromatic carbocycles. The van der Waals surface area contributed by atoms with Crippen LogP contribution in [0.3, 0.4) is 0 Å². The van der Waals surface area contributed by atoms with Gasteiger partial charge in [-0.25, -0.2) is 4.79 Å². The molecule has 2 fully saturated rings. The number of likely N-dealkylation sites (tertiary alicyclic amines) is 1. The van der Waals surface area contributed by atoms with Gasteiger partial charge in [0.1, 0.15) is 18.0 Å². The van der Waals surface area contributed by atoms with Gasteiger partial charge >= 0.3 is 6.03 Å². The summed E-state index contributed by atoms with van der Waals surface area (Å²) in [5, 5.41) is 0. The van der Waals surface area contributed by atoms with Gasteiger partial charge in [-0.15, -0.1) is 0 Å². The largest absolute Gasteiger partial charge is 0.497 e. The van der Waals surface area contributed by atoms with Crippen molar-refractivity contribution in [1.82, 2.24) is 9.80 Å². The average molecular weight is 375 g/mol. The third-order valence-corrected chi connectivity index (χ3v) is 5.32. The summed E-state index contributed by atoms with van der Waals surface area (Å²) in [4.78, 5) is 30.8. The van der Waals surface area contributed by atoms with E-state index in [9.17, 15) is 9.59 Å². The summed E-state index contributed by atoms with van der Waals surface area (Å²) >= 11 is 0. The number of carbonyl (C=O) groups is 2. The lowest BCUT2D eigenvalue weighted by Gasteiger charge is -2.35. The molecule has 0 spiro atoms. The van der Waals surface area contributed by atoms with E-state index < -0.39 is 0 Å². The zero-order chi connectivity index (χ0) is 19.6. The molecule has 0 N–H and O–H groups in total. The Bertz CT molecular complexity index is 698. The minimum atomic E-state index is -0.173. The topological polar surface area (TPSA) is 62.3 Å². The maximum Gasteiger partial charge on any atom is 0.325 e. The van der Waals surface area contributed by atoms with Crippen LogP contribution in [0.1, 0.15) is 20.3 Å². The molecule has 148 valence electrons. The van der Waals surface area contributed by atoms with Crippen LogP contribution in [0.2, 0.25) is 0 Å². The minimum absolute atomic E-state index is 0.0289. The predicted octanol–water partition coefficient (Wildman–Crippen LogP) is 2.45. The SMILES string of the molecule is COc1ccc(OC)c(N2CCN(CC(=O)N3CC(C)CC(C)C3)C2=O)c1. The van der Waals surface area contributed by atoms with Crippen molar-refractivity contribution in [3.63, 3.8) is 0 Å². The lowest BCUT2D eigenvalue weighted by Crippen LogP contribution is -2.47. The van der Waals surface area contributed by atoms with Crippen LogP contribution < -0.4 is 14.4 Å². The molecule has 7 nitrogen and oxygen atoms in total. The van der Waals surface area contributed by atoms with Crippen LogP contribution in [0, 0.1) is 11.8 Å². The van der Waals surface area contributed by atoms with E-state index in [1.807, 2.05) is 4.90 Å². The summed E-state index contributed by atoms with van der Waals surface area (Å²) in [6.07, 6.45) is 1.15. The summed E-state index contributed by atoms with van der Waals surface area (Å²) in [6, 6.07) is 5.19. The number of hydrogen-bond donors (Lipinski definition) is 0. The van der Waals surface area contributed by atoms with Gasteiger partial charge in [0.15, 0.2) is 0 Å². The van der Waals surface area contributed by atoms with Gasteiger partial charge in [0.2, 0.25) is 5.91 Å². The quantitative estimate of drug-likeness (QED) is 0.793. The van der Waals surface area contributed by atoms with Crippen LogP contribution in [-0.4, -0.2) is 68.7 Å². The Morgan fingerprint density at radius 2 is 1.81 bits per heavy atom. The number of rotatable bonds is 5. The summed E-state index contributed by atoms with van der Waals surface area (Å²) in [5.74, 6) is 2.30. The second-order valence-corrected chi connectivity index (χ2v) is 7.64. The number of ether oxygens (including phenoxy) is 2. The average Bonchev–Trinajstić information content (AvgIpc) is 3.00. The first-order chi connectivity index (χ1) is 12.9. The van der Waals surface area contributed by atoms with Crippen LogP contribution in [0.25, 0.3) is 0 Å². The number of benzene rings is 1. The van der Waals surface area contributed by atoms with Gasteiger partial charge in [-0.1, -0.05) is 13.8 Å². The van der Waals surface area contributed by atoms with Gasteiger partial charge in [-0.3, -0.25) is 9.69 Å². The molecule has 2 unspecified atom stereocenters. The van der Waals surface area contributed by atoms with Crippen LogP contribution in [-0.2, 0) is 4.79 Å². The van der Waals surface area contributed by atoms with Crippen molar-refractivity contribution in [2.75, 3.05) is 51.8 Å². The fraction of sp³-hybridized carbons (Fsp3) is 0.600. The van der Waals surface area contributed by atoms with Gasteiger partial charge in [0.05, 0.1) is 19.9 Å². The van der Waals surface area contributed by atoms with E-state index in [0.29, 0.717) is 42.1 Å². The minimum Gasteiger partial charge on any atom is -0.497 e. The second kappa shape index (κ2) is 8.06. The van der Waals surface area contributed by atoms with Gasteiger partial charge in [-0.05, 0) is 30.4 Å². The smallest absolute Gasteiger partial charge is 0.325 e. The van der Waals surface area contributed by atoms with Crippen LogP contribution >= 0.6 is 0 Å². The lowest BCUT2D eigenvalue weighted by molar-refractivity contribution is -0.134. The molecule has 0 aromatic heterocycles. The zero-order valence-electron chi connectivity index (χ0n) is 16.6. The fourth-order valence-corrected chi connectivity index (χ4v) is 4.09. The highest BCUT2D eigenvalue weighted by Gasteiger charge is 2.34. The Balaban J connectivity index is 1.69. The van der Waals surface area contributed by atoms with Crippen LogP contribution in [0.15, 0.2) is 18.2 Å². The Labute approximate surface area is 160 Å². The Hall–Kier alpha value is -2.44. The molecule has 1 aromatic rings. The number of nitrogens with zero attached hydrogens (tertiary/aromatic N) is 3. The Kier molecular flexibility index (Phi) is 5.77. The van der Waals surface area contributed by atoms with E-state index >= 15 is 0 Å². The number of anilines is 1. The highest BCUT2D eigenvalue weighted by Crippen LogP contribution is 2.34. The van der Waals surface area contributed by atoms with Crippen molar-refractivity contribution in [2.24, 2.45) is 11.8 Å². The van der Waals surface area contributed by atoms with Crippen molar-refractivity contribution in [1.29, 1.82) is 0 Å². The summed E-state index contributed by atoms with van der Waals surface area (Å²) < 4.78 is 10.7. The second-order valence-electron chi connectivity index (χ2n) is 7.64. The van der Waals surface area contributed by atoms with Gasteiger partial charge in [0.25, 0.3) is 0 Å². The maximum atomic E-state index is 12.9. The molecule has 0 bridgehead atoms.